The van der Waals surface area contributed by atoms with Crippen LogP contribution in [0.5, 0.6) is 0 Å². The average Bonchev–Trinajstić information content (AvgIpc) is 3.85. The topological polar surface area (TPSA) is 152 Å². The Morgan fingerprint density at radius 1 is 0.967 bits per heavy atom. The van der Waals surface area contributed by atoms with E-state index in [1.807, 2.05) is 19.1 Å². The fourth-order valence-electron chi connectivity index (χ4n) is 9.78. The van der Waals surface area contributed by atoms with Gasteiger partial charge in [-0.1, -0.05) is 36.0 Å². The lowest BCUT2D eigenvalue weighted by Crippen LogP contribution is -2.54. The zero-order valence-electron chi connectivity index (χ0n) is 34.4. The number of amides is 3. The summed E-state index contributed by atoms with van der Waals surface area (Å²) in [5.41, 5.74) is 3.85. The Bertz CT molecular complexity index is 2600. The monoisotopic (exact) mass is 852 g/mol. The summed E-state index contributed by atoms with van der Waals surface area (Å²) >= 11 is 0. The Kier molecular flexibility index (Phi) is 10.7. The number of halogens is 2. The van der Waals surface area contributed by atoms with Crippen molar-refractivity contribution >= 4 is 63.8 Å². The maximum Gasteiger partial charge on any atom is 0.269 e. The van der Waals surface area contributed by atoms with Crippen LogP contribution in [0.4, 0.5) is 26.0 Å². The summed E-state index contributed by atoms with van der Waals surface area (Å²) in [5, 5.41) is 14.3. The molecule has 1 aromatic carbocycles. The van der Waals surface area contributed by atoms with Crippen LogP contribution in [-0.2, 0) is 9.59 Å². The number of nitrogens with one attached hydrogen (secondary N) is 1. The predicted octanol–water partition coefficient (Wildman–Crippen LogP) is 4.05. The van der Waals surface area contributed by atoms with Crippen molar-refractivity contribution in [2.45, 2.75) is 81.7 Å². The van der Waals surface area contributed by atoms with E-state index in [0.717, 1.165) is 58.9 Å². The molecular weight excluding hydrogens is 803 g/mol. The highest BCUT2D eigenvalue weighted by Gasteiger charge is 2.46. The van der Waals surface area contributed by atoms with E-state index in [2.05, 4.69) is 47.1 Å². The summed E-state index contributed by atoms with van der Waals surface area (Å²) in [6.07, 6.45) is 8.50. The number of aliphatic hydroxyl groups excluding tert-OH is 1. The van der Waals surface area contributed by atoms with Crippen LogP contribution < -0.4 is 31.3 Å². The molecule has 0 spiro atoms. The normalized spacial score (nSPS) is 24.5. The maximum atomic E-state index is 15.9. The van der Waals surface area contributed by atoms with Crippen molar-refractivity contribution in [3.8, 4) is 11.4 Å². The molecular formula is C44H50F2N10O4S. The van der Waals surface area contributed by atoms with E-state index >= 15 is 8.78 Å². The maximum absolute atomic E-state index is 15.9. The third-order valence-electron chi connectivity index (χ3n) is 13.0. The summed E-state index contributed by atoms with van der Waals surface area (Å²) < 4.78 is 35.3. The molecule has 2 aromatic rings. The summed E-state index contributed by atoms with van der Waals surface area (Å²) in [4.78, 5) is 63.1. The highest BCUT2D eigenvalue weighted by atomic mass is 32.2. The van der Waals surface area contributed by atoms with E-state index in [9.17, 15) is 19.5 Å². The number of hydrogen-bond donors (Lipinski definition) is 2. The predicted molar refractivity (Wildman–Crippen MR) is 231 cm³/mol. The van der Waals surface area contributed by atoms with Crippen molar-refractivity contribution in [2.75, 3.05) is 55.6 Å². The molecule has 2 N–H and O–H groups in total. The molecule has 6 aliphatic heterocycles. The largest absolute Gasteiger partial charge is 0.512 e. The molecule has 3 amide bonds. The fourth-order valence-corrected chi connectivity index (χ4v) is 11.4. The molecule has 9 rings (SSSR count). The van der Waals surface area contributed by atoms with Gasteiger partial charge in [-0.3, -0.25) is 28.9 Å². The molecule has 14 nitrogen and oxygen atoms in total. The third-order valence-corrected chi connectivity index (χ3v) is 14.8. The van der Waals surface area contributed by atoms with Crippen molar-refractivity contribution in [1.29, 1.82) is 0 Å². The van der Waals surface area contributed by atoms with Crippen LogP contribution in [-0.4, -0.2) is 115 Å². The van der Waals surface area contributed by atoms with E-state index in [-0.39, 0.29) is 36.5 Å². The minimum absolute atomic E-state index is 0.137. The van der Waals surface area contributed by atoms with Crippen LogP contribution in [0, 0.1) is 12.8 Å². The zero-order valence-corrected chi connectivity index (χ0v) is 35.3. The van der Waals surface area contributed by atoms with Crippen molar-refractivity contribution in [3.05, 3.63) is 70.0 Å². The number of hydrogen-bond acceptors (Lipinski definition) is 11. The first-order chi connectivity index (χ1) is 29.3. The van der Waals surface area contributed by atoms with Crippen molar-refractivity contribution < 1.29 is 28.3 Å². The highest BCUT2D eigenvalue weighted by Crippen LogP contribution is 2.45. The second-order valence-corrected chi connectivity index (χ2v) is 18.4. The number of piperazine rings is 1. The number of rotatable bonds is 7. The molecule has 4 fully saturated rings. The lowest BCUT2D eigenvalue weighted by Gasteiger charge is -2.43. The Morgan fingerprint density at radius 2 is 1.72 bits per heavy atom. The van der Waals surface area contributed by atoms with Gasteiger partial charge in [-0.2, -0.15) is 9.98 Å². The molecule has 1 aromatic heterocycles. The average molecular weight is 853 g/mol. The van der Waals surface area contributed by atoms with Gasteiger partial charge in [0.2, 0.25) is 11.8 Å². The van der Waals surface area contributed by atoms with Gasteiger partial charge in [0.1, 0.15) is 11.9 Å². The zero-order chi connectivity index (χ0) is 42.7. The second-order valence-electron chi connectivity index (χ2n) is 16.8. The first kappa shape index (κ1) is 40.8. The number of fused-ring (bicyclic) bond motifs is 2. The Labute approximate surface area is 354 Å². The molecule has 3 unspecified atom stereocenters. The number of anilines is 2. The number of alkyl halides is 2. The van der Waals surface area contributed by atoms with Gasteiger partial charge in [-0.05, 0) is 75.4 Å². The number of aliphatic hydroxyl groups is 1. The van der Waals surface area contributed by atoms with E-state index in [1.165, 1.54) is 4.31 Å². The van der Waals surface area contributed by atoms with Crippen molar-refractivity contribution in [1.82, 2.24) is 34.0 Å². The van der Waals surface area contributed by atoms with Crippen LogP contribution >= 0.6 is 10.7 Å². The molecule has 7 aliphatic rings. The van der Waals surface area contributed by atoms with Gasteiger partial charge in [-0.25, -0.2) is 18.7 Å². The van der Waals surface area contributed by atoms with Gasteiger partial charge in [0.05, 0.1) is 29.8 Å². The first-order valence-electron chi connectivity index (χ1n) is 21.0. The number of aromatic nitrogens is 4. The van der Waals surface area contributed by atoms with E-state index < -0.39 is 41.0 Å². The van der Waals surface area contributed by atoms with Gasteiger partial charge in [0, 0.05) is 90.6 Å². The lowest BCUT2D eigenvalue weighted by atomic mass is 9.91. The quantitative estimate of drug-likeness (QED) is 0.206. The summed E-state index contributed by atoms with van der Waals surface area (Å²) in [7, 11) is -0.951. The Balaban J connectivity index is 0.820. The summed E-state index contributed by atoms with van der Waals surface area (Å²) in [6.45, 7) is 10.9. The summed E-state index contributed by atoms with van der Waals surface area (Å²) in [6, 6.07) is 8.40. The van der Waals surface area contributed by atoms with Gasteiger partial charge in [0.15, 0.2) is 5.82 Å². The SMILES string of the molecule is C=c1/c(=C(\C)O)c(C)c2cnc(=Nc3ccc(N4CCN(CC5CCN(c6ccc7c(c6)C(=O)N(C6CCC(=O)NC6=O)S7=C)CC5(F)F)CC4)cn3)nc-2n1C1CCCC1. The van der Waals surface area contributed by atoms with Crippen LogP contribution in [0.1, 0.15) is 73.8 Å². The lowest BCUT2D eigenvalue weighted by molar-refractivity contribution is -0.135. The molecule has 17 heteroatoms. The number of nitrogens with zero attached hydrogens (tertiary/aromatic N) is 9. The van der Waals surface area contributed by atoms with Gasteiger partial charge in [-0.15, -0.1) is 0 Å². The molecule has 320 valence electrons. The minimum Gasteiger partial charge on any atom is -0.512 e. The molecule has 0 bridgehead atoms. The standard InChI is InChI=1S/C44H50F2N10O4S/c1-26-34-23-48-43(51-40(34)55(30-7-5-6-8-30)27(2)39(26)28(3)57)49-37-13-10-32(22-47-37)53-19-17-52(18-20-53)24-29-15-16-54(25-44(29,45)46)31-9-12-36-33(21-31)42(60)56(61(36)4)35-11-14-38(58)50-41(35)59/h9-10,12-13,21-23,29-30,35,57H,2,4-8,11,14-20,24-25H2,1,3H3,(H,50,58,59)/b39-28+,49-43?. The second kappa shape index (κ2) is 16.0. The van der Waals surface area contributed by atoms with Crippen molar-refractivity contribution in [2.24, 2.45) is 10.9 Å². The van der Waals surface area contributed by atoms with Crippen molar-refractivity contribution in [3.63, 3.8) is 0 Å². The number of pyridine rings is 2. The smallest absolute Gasteiger partial charge is 0.269 e. The van der Waals surface area contributed by atoms with E-state index in [0.29, 0.717) is 73.3 Å². The first-order valence-corrected chi connectivity index (χ1v) is 22.4. The van der Waals surface area contributed by atoms with E-state index in [4.69, 9.17) is 4.98 Å². The molecule has 61 heavy (non-hydrogen) atoms. The minimum atomic E-state index is -2.95. The number of imide groups is 1. The highest BCUT2D eigenvalue weighted by molar-refractivity contribution is 8.13. The van der Waals surface area contributed by atoms with Gasteiger partial charge < -0.3 is 19.5 Å². The number of carbonyl (C=O) groups excluding carboxylic acids is 3. The van der Waals surface area contributed by atoms with Crippen LogP contribution in [0.2, 0.25) is 0 Å². The summed E-state index contributed by atoms with van der Waals surface area (Å²) in [5.74, 6) is 0.578. The number of benzene rings is 1. The molecule has 3 atom stereocenters. The van der Waals surface area contributed by atoms with Crippen LogP contribution in [0.25, 0.3) is 23.7 Å². The molecule has 3 saturated heterocycles. The number of carbonyl (C=O) groups is 3. The molecule has 1 aliphatic carbocycles. The Hall–Kier alpha value is -5.55. The number of piperidine rings is 2. The van der Waals surface area contributed by atoms with Crippen LogP contribution in [0.15, 0.2) is 52.6 Å². The molecule has 1 saturated carbocycles. The van der Waals surface area contributed by atoms with E-state index in [1.54, 1.807) is 42.4 Å². The van der Waals surface area contributed by atoms with Gasteiger partial charge >= 0.3 is 0 Å². The molecule has 0 radical (unpaired) electrons. The Morgan fingerprint density at radius 3 is 2.41 bits per heavy atom. The third kappa shape index (κ3) is 7.59. The fraction of sp³-hybridized carbons (Fsp3) is 0.455. The van der Waals surface area contributed by atoms with Crippen LogP contribution in [0.3, 0.4) is 0 Å². The molecule has 7 heterocycles. The van der Waals surface area contributed by atoms with Gasteiger partial charge in [0.25, 0.3) is 17.4 Å².